The molecule has 0 fully saturated rings. The third-order valence-corrected chi connectivity index (χ3v) is 2.32. The molecule has 3 atom stereocenters. The summed E-state index contributed by atoms with van der Waals surface area (Å²) in [5.41, 5.74) is 0. The van der Waals surface area contributed by atoms with Crippen molar-refractivity contribution in [2.75, 3.05) is 0 Å². The Morgan fingerprint density at radius 3 is 1.62 bits per heavy atom. The van der Waals surface area contributed by atoms with E-state index < -0.39 is 0 Å². The molecule has 0 heterocycles. The van der Waals surface area contributed by atoms with Crippen molar-refractivity contribution in [2.45, 2.75) is 31.7 Å². The molecule has 3 unspecified atom stereocenters. The molecule has 0 spiro atoms. The molecule has 0 aliphatic carbocycles. The minimum absolute atomic E-state index is 0.204. The van der Waals surface area contributed by atoms with E-state index in [0.29, 0.717) is 10.7 Å². The highest BCUT2D eigenvalue weighted by Crippen LogP contribution is 2.14. The summed E-state index contributed by atoms with van der Waals surface area (Å²) in [6, 6.07) is 0. The third-order valence-electron chi connectivity index (χ3n) is 1.49. The van der Waals surface area contributed by atoms with Crippen LogP contribution in [0.25, 0.3) is 0 Å². The van der Waals surface area contributed by atoms with Crippen LogP contribution in [0.3, 0.4) is 0 Å². The number of halogens is 1. The molecule has 0 aliphatic rings. The van der Waals surface area contributed by atoms with Crippen LogP contribution >= 0.6 is 15.9 Å². The van der Waals surface area contributed by atoms with E-state index >= 15 is 0 Å². The van der Waals surface area contributed by atoms with Crippen molar-refractivity contribution < 1.29 is 5.11 Å². The van der Waals surface area contributed by atoms with E-state index in [1.807, 2.05) is 20.8 Å². The number of hydrogen-bond donors (Lipinski definition) is 1. The second-order valence-electron chi connectivity index (χ2n) is 2.28. The maximum Gasteiger partial charge on any atom is 0.0548 e. The summed E-state index contributed by atoms with van der Waals surface area (Å²) in [7, 11) is 0. The minimum atomic E-state index is -0.204. The van der Waals surface area contributed by atoms with Crippen LogP contribution in [0, 0.1) is 5.92 Å². The highest BCUT2D eigenvalue weighted by molar-refractivity contribution is 9.09. The summed E-state index contributed by atoms with van der Waals surface area (Å²) >= 11 is 3.38. The van der Waals surface area contributed by atoms with Crippen LogP contribution in [0.4, 0.5) is 0 Å². The van der Waals surface area contributed by atoms with E-state index in [2.05, 4.69) is 15.9 Å². The Bertz CT molecular complexity index is 53.5. The van der Waals surface area contributed by atoms with Gasteiger partial charge < -0.3 is 5.11 Å². The highest BCUT2D eigenvalue weighted by Gasteiger charge is 2.12. The van der Waals surface area contributed by atoms with Gasteiger partial charge in [-0.3, -0.25) is 0 Å². The van der Waals surface area contributed by atoms with Crippen molar-refractivity contribution in [3.63, 3.8) is 0 Å². The lowest BCUT2D eigenvalue weighted by Gasteiger charge is -2.16. The molecule has 0 aromatic heterocycles. The van der Waals surface area contributed by atoms with Crippen LogP contribution in [0.1, 0.15) is 20.8 Å². The lowest BCUT2D eigenvalue weighted by molar-refractivity contribution is 0.137. The monoisotopic (exact) mass is 180 g/mol. The number of hydrogen-bond acceptors (Lipinski definition) is 1. The summed E-state index contributed by atoms with van der Waals surface area (Å²) in [6.07, 6.45) is -0.204. The largest absolute Gasteiger partial charge is 0.393 e. The van der Waals surface area contributed by atoms with E-state index in [-0.39, 0.29) is 6.10 Å². The van der Waals surface area contributed by atoms with Crippen molar-refractivity contribution in [1.29, 1.82) is 0 Å². The lowest BCUT2D eigenvalue weighted by Crippen LogP contribution is -2.20. The first-order valence-electron chi connectivity index (χ1n) is 2.88. The number of aliphatic hydroxyl groups is 1. The summed E-state index contributed by atoms with van der Waals surface area (Å²) < 4.78 is 0. The average molecular weight is 181 g/mol. The van der Waals surface area contributed by atoms with Gasteiger partial charge in [0.2, 0.25) is 0 Å². The maximum atomic E-state index is 8.96. The summed E-state index contributed by atoms with van der Waals surface area (Å²) in [5.74, 6) is 0.343. The molecule has 0 aromatic rings. The van der Waals surface area contributed by atoms with Crippen LogP contribution in [0.2, 0.25) is 0 Å². The number of alkyl halides is 1. The Morgan fingerprint density at radius 1 is 1.25 bits per heavy atom. The normalized spacial score (nSPS) is 22.1. The van der Waals surface area contributed by atoms with Gasteiger partial charge in [0.15, 0.2) is 0 Å². The van der Waals surface area contributed by atoms with E-state index in [1.165, 1.54) is 0 Å². The van der Waals surface area contributed by atoms with Gasteiger partial charge in [-0.25, -0.2) is 0 Å². The molecular weight excluding hydrogens is 168 g/mol. The molecule has 50 valence electrons. The van der Waals surface area contributed by atoms with Crippen LogP contribution in [0.5, 0.6) is 0 Å². The van der Waals surface area contributed by atoms with E-state index in [9.17, 15) is 0 Å². The second-order valence-corrected chi connectivity index (χ2v) is 3.72. The first-order chi connectivity index (χ1) is 3.55. The predicted molar refractivity (Wildman–Crippen MR) is 39.2 cm³/mol. The van der Waals surface area contributed by atoms with Gasteiger partial charge in [0.25, 0.3) is 0 Å². The molecule has 0 radical (unpaired) electrons. The van der Waals surface area contributed by atoms with Gasteiger partial charge in [0, 0.05) is 4.83 Å². The quantitative estimate of drug-likeness (QED) is 0.644. The van der Waals surface area contributed by atoms with E-state index in [4.69, 9.17) is 5.11 Å². The van der Waals surface area contributed by atoms with Crippen LogP contribution in [-0.4, -0.2) is 16.0 Å². The smallest absolute Gasteiger partial charge is 0.0548 e. The molecule has 0 rings (SSSR count). The molecule has 0 saturated carbocycles. The van der Waals surface area contributed by atoms with Crippen molar-refractivity contribution >= 4 is 15.9 Å². The minimum Gasteiger partial charge on any atom is -0.393 e. The lowest BCUT2D eigenvalue weighted by atomic mass is 10.0. The molecule has 0 aromatic carbocycles. The number of rotatable bonds is 2. The maximum absolute atomic E-state index is 8.96. The molecule has 0 amide bonds. The average Bonchev–Trinajstić information content (AvgIpc) is 1.64. The standard InChI is InChI=1S/C6H13BrO/c1-4(5(2)7)6(3)8/h4-6,8H,1-3H3. The molecule has 1 N–H and O–H groups in total. The molecule has 0 saturated heterocycles. The van der Waals surface area contributed by atoms with Crippen molar-refractivity contribution in [3.05, 3.63) is 0 Å². The molecule has 0 aliphatic heterocycles. The first-order valence-corrected chi connectivity index (χ1v) is 3.79. The molecule has 0 bridgehead atoms. The van der Waals surface area contributed by atoms with Crippen LogP contribution < -0.4 is 0 Å². The molecular formula is C6H13BrO. The van der Waals surface area contributed by atoms with Gasteiger partial charge in [0.1, 0.15) is 0 Å². The highest BCUT2D eigenvalue weighted by atomic mass is 79.9. The van der Waals surface area contributed by atoms with E-state index in [0.717, 1.165) is 0 Å². The Balaban J connectivity index is 3.46. The van der Waals surface area contributed by atoms with Crippen LogP contribution in [0.15, 0.2) is 0 Å². The van der Waals surface area contributed by atoms with Crippen molar-refractivity contribution in [1.82, 2.24) is 0 Å². The summed E-state index contributed by atoms with van der Waals surface area (Å²) in [5, 5.41) is 8.96. The Morgan fingerprint density at radius 2 is 1.62 bits per heavy atom. The Labute approximate surface area is 59.2 Å². The van der Waals surface area contributed by atoms with Gasteiger partial charge in [-0.2, -0.15) is 0 Å². The van der Waals surface area contributed by atoms with Gasteiger partial charge >= 0.3 is 0 Å². The summed E-state index contributed by atoms with van der Waals surface area (Å²) in [6.45, 7) is 5.86. The van der Waals surface area contributed by atoms with Crippen molar-refractivity contribution in [3.8, 4) is 0 Å². The van der Waals surface area contributed by atoms with Gasteiger partial charge in [0.05, 0.1) is 6.10 Å². The van der Waals surface area contributed by atoms with Crippen molar-refractivity contribution in [2.24, 2.45) is 5.92 Å². The molecule has 1 nitrogen and oxygen atoms in total. The number of aliphatic hydroxyl groups excluding tert-OH is 1. The third kappa shape index (κ3) is 2.68. The van der Waals surface area contributed by atoms with Gasteiger partial charge in [-0.05, 0) is 12.8 Å². The predicted octanol–water partition coefficient (Wildman–Crippen LogP) is 1.79. The zero-order valence-electron chi connectivity index (χ0n) is 5.56. The molecule has 8 heavy (non-hydrogen) atoms. The zero-order chi connectivity index (χ0) is 6.73. The fraction of sp³-hybridized carbons (Fsp3) is 1.00. The second kappa shape index (κ2) is 3.46. The first kappa shape index (κ1) is 8.44. The zero-order valence-corrected chi connectivity index (χ0v) is 7.14. The van der Waals surface area contributed by atoms with E-state index in [1.54, 1.807) is 0 Å². The van der Waals surface area contributed by atoms with Crippen LogP contribution in [-0.2, 0) is 0 Å². The van der Waals surface area contributed by atoms with Gasteiger partial charge in [-0.1, -0.05) is 29.8 Å². The SMILES string of the molecule is CC(O)C(C)C(C)Br. The fourth-order valence-corrected chi connectivity index (χ4v) is 0.826. The Hall–Kier alpha value is 0.440. The fourth-order valence-electron chi connectivity index (χ4n) is 0.384. The Kier molecular flexibility index (Phi) is 3.65. The topological polar surface area (TPSA) is 20.2 Å². The molecule has 2 heteroatoms. The van der Waals surface area contributed by atoms with Gasteiger partial charge in [-0.15, -0.1) is 0 Å². The summed E-state index contributed by atoms with van der Waals surface area (Å²) in [4.78, 5) is 0.405.